The van der Waals surface area contributed by atoms with Gasteiger partial charge in [0.15, 0.2) is 0 Å². The summed E-state index contributed by atoms with van der Waals surface area (Å²) < 4.78 is 2.13. The van der Waals surface area contributed by atoms with Crippen LogP contribution >= 0.6 is 0 Å². The van der Waals surface area contributed by atoms with Crippen LogP contribution in [0.15, 0.2) is 24.3 Å². The zero-order chi connectivity index (χ0) is 18.9. The Kier molecular flexibility index (Phi) is 5.08. The first kappa shape index (κ1) is 18.3. The summed E-state index contributed by atoms with van der Waals surface area (Å²) >= 11 is 0. The van der Waals surface area contributed by atoms with Gasteiger partial charge in [0.25, 0.3) is 0 Å². The maximum Gasteiger partial charge on any atom is 0.317 e. The largest absolute Gasteiger partial charge is 0.389 e. The van der Waals surface area contributed by atoms with Crippen molar-refractivity contribution in [3.63, 3.8) is 0 Å². The zero-order valence-corrected chi connectivity index (χ0v) is 16.2. The van der Waals surface area contributed by atoms with E-state index in [1.165, 1.54) is 6.42 Å². The number of piperidine rings is 1. The molecule has 2 aromatic rings. The maximum absolute atomic E-state index is 12.5. The number of hydrogen-bond donors (Lipinski definition) is 2. The summed E-state index contributed by atoms with van der Waals surface area (Å²) in [6.07, 6.45) is 6.63. The number of urea groups is 1. The van der Waals surface area contributed by atoms with Crippen molar-refractivity contribution in [2.75, 3.05) is 19.6 Å². The van der Waals surface area contributed by atoms with Crippen LogP contribution in [-0.4, -0.2) is 50.8 Å². The minimum atomic E-state index is -0.533. The van der Waals surface area contributed by atoms with Crippen molar-refractivity contribution in [2.45, 2.75) is 50.5 Å². The van der Waals surface area contributed by atoms with Gasteiger partial charge in [-0.1, -0.05) is 25.0 Å². The molecule has 0 bridgehead atoms. The average molecular weight is 370 g/mol. The molecule has 0 spiro atoms. The molecule has 1 saturated heterocycles. The van der Waals surface area contributed by atoms with Gasteiger partial charge in [-0.3, -0.25) is 0 Å². The van der Waals surface area contributed by atoms with E-state index in [-0.39, 0.29) is 11.9 Å². The van der Waals surface area contributed by atoms with Crippen LogP contribution in [-0.2, 0) is 13.5 Å². The number of amides is 2. The topological polar surface area (TPSA) is 70.4 Å². The molecule has 2 fully saturated rings. The summed E-state index contributed by atoms with van der Waals surface area (Å²) in [5.41, 5.74) is 1.63. The molecule has 6 heteroatoms. The first-order valence-corrected chi connectivity index (χ1v) is 10.2. The molecule has 1 aliphatic carbocycles. The number of aromatic nitrogens is 2. The van der Waals surface area contributed by atoms with Gasteiger partial charge in [0.1, 0.15) is 5.82 Å². The third-order valence-electron chi connectivity index (χ3n) is 6.45. The Morgan fingerprint density at radius 2 is 2.19 bits per heavy atom. The zero-order valence-electron chi connectivity index (χ0n) is 16.2. The molecule has 0 radical (unpaired) electrons. The molecule has 4 rings (SSSR count). The Hall–Kier alpha value is -2.08. The minimum Gasteiger partial charge on any atom is -0.389 e. The molecule has 2 amide bonds. The number of imidazole rings is 1. The summed E-state index contributed by atoms with van der Waals surface area (Å²) in [4.78, 5) is 19.1. The van der Waals surface area contributed by atoms with Gasteiger partial charge in [-0.2, -0.15) is 0 Å². The molecule has 2 N–H and O–H groups in total. The van der Waals surface area contributed by atoms with Gasteiger partial charge in [0, 0.05) is 39.0 Å². The van der Waals surface area contributed by atoms with Gasteiger partial charge in [-0.15, -0.1) is 0 Å². The highest BCUT2D eigenvalue weighted by molar-refractivity contribution is 5.76. The lowest BCUT2D eigenvalue weighted by molar-refractivity contribution is -0.0870. The Balaban J connectivity index is 1.25. The van der Waals surface area contributed by atoms with Gasteiger partial charge in [-0.25, -0.2) is 9.78 Å². The van der Waals surface area contributed by atoms with Crippen molar-refractivity contribution in [1.29, 1.82) is 0 Å². The molecule has 2 atom stereocenters. The number of nitrogens with one attached hydrogen (secondary N) is 1. The van der Waals surface area contributed by atoms with Crippen molar-refractivity contribution < 1.29 is 9.90 Å². The average Bonchev–Trinajstić information content (AvgIpc) is 3.00. The van der Waals surface area contributed by atoms with Crippen LogP contribution in [0.3, 0.4) is 0 Å². The molecule has 1 saturated carbocycles. The van der Waals surface area contributed by atoms with E-state index in [2.05, 4.69) is 20.9 Å². The summed E-state index contributed by atoms with van der Waals surface area (Å²) in [6, 6.07) is 8.15. The number of carbonyl (C=O) groups is 1. The van der Waals surface area contributed by atoms with Crippen molar-refractivity contribution in [1.82, 2.24) is 19.8 Å². The number of carbonyl (C=O) groups excluding carboxylic acids is 1. The van der Waals surface area contributed by atoms with Gasteiger partial charge >= 0.3 is 6.03 Å². The molecule has 1 aromatic carbocycles. The van der Waals surface area contributed by atoms with Gasteiger partial charge in [-0.05, 0) is 37.8 Å². The molecular weight excluding hydrogens is 340 g/mol. The van der Waals surface area contributed by atoms with Gasteiger partial charge in [0.2, 0.25) is 0 Å². The van der Waals surface area contributed by atoms with Crippen molar-refractivity contribution in [3.05, 3.63) is 30.1 Å². The second-order valence-corrected chi connectivity index (χ2v) is 8.15. The van der Waals surface area contributed by atoms with Gasteiger partial charge < -0.3 is 19.9 Å². The molecule has 0 unspecified atom stereocenters. The van der Waals surface area contributed by atoms with E-state index in [4.69, 9.17) is 0 Å². The van der Waals surface area contributed by atoms with Crippen LogP contribution in [0.4, 0.5) is 4.79 Å². The Morgan fingerprint density at radius 3 is 3.04 bits per heavy atom. The smallest absolute Gasteiger partial charge is 0.317 e. The van der Waals surface area contributed by atoms with Crippen LogP contribution in [0.1, 0.15) is 44.3 Å². The van der Waals surface area contributed by atoms with Crippen LogP contribution < -0.4 is 5.32 Å². The van der Waals surface area contributed by atoms with E-state index in [0.29, 0.717) is 26.1 Å². The molecule has 27 heavy (non-hydrogen) atoms. The van der Waals surface area contributed by atoms with Crippen LogP contribution in [0.2, 0.25) is 0 Å². The number of aliphatic hydroxyl groups is 1. The monoisotopic (exact) mass is 370 g/mol. The number of benzene rings is 1. The third-order valence-corrected chi connectivity index (χ3v) is 6.45. The van der Waals surface area contributed by atoms with Crippen molar-refractivity contribution in [3.8, 4) is 0 Å². The summed E-state index contributed by atoms with van der Waals surface area (Å²) in [5, 5.41) is 13.8. The summed E-state index contributed by atoms with van der Waals surface area (Å²) in [6.45, 7) is 1.99. The highest BCUT2D eigenvalue weighted by atomic mass is 16.3. The first-order valence-electron chi connectivity index (χ1n) is 10.2. The molecular formula is C21H30N4O2. The fraction of sp³-hybridized carbons (Fsp3) is 0.619. The van der Waals surface area contributed by atoms with E-state index in [9.17, 15) is 9.90 Å². The number of rotatable bonds is 4. The molecule has 2 aliphatic rings. The molecule has 1 aliphatic heterocycles. The number of para-hydroxylation sites is 2. The highest BCUT2D eigenvalue weighted by Gasteiger charge is 2.43. The van der Waals surface area contributed by atoms with Crippen LogP contribution in [0.25, 0.3) is 11.0 Å². The number of nitrogens with zero attached hydrogens (tertiary/aromatic N) is 3. The molecule has 1 aromatic heterocycles. The standard InChI is InChI=1S/C21H30N4O2/c1-24-18-9-3-2-8-17(18)23-19(24)10-6-13-22-20(26)25-14-12-21(27)11-5-4-7-16(21)15-25/h2-3,8-9,16,27H,4-7,10-15H2,1H3,(H,22,26)/t16-,21-/m0/s1. The lowest BCUT2D eigenvalue weighted by Crippen LogP contribution is -2.56. The highest BCUT2D eigenvalue weighted by Crippen LogP contribution is 2.39. The first-order chi connectivity index (χ1) is 13.1. The second-order valence-electron chi connectivity index (χ2n) is 8.15. The predicted octanol–water partition coefficient (Wildman–Crippen LogP) is 2.84. The quantitative estimate of drug-likeness (QED) is 0.813. The molecule has 2 heterocycles. The lowest BCUT2D eigenvalue weighted by Gasteiger charge is -2.47. The fourth-order valence-electron chi connectivity index (χ4n) is 4.73. The maximum atomic E-state index is 12.5. The Bertz CT molecular complexity index is 818. The van der Waals surface area contributed by atoms with Crippen molar-refractivity contribution >= 4 is 17.1 Å². The second kappa shape index (κ2) is 7.50. The van der Waals surface area contributed by atoms with E-state index >= 15 is 0 Å². The number of fused-ring (bicyclic) bond motifs is 2. The fourth-order valence-corrected chi connectivity index (χ4v) is 4.73. The lowest BCUT2D eigenvalue weighted by atomic mass is 9.71. The SMILES string of the molecule is Cn1c(CCCNC(=O)N2CC[C@@]3(O)CCCC[C@H]3C2)nc2ccccc21. The Labute approximate surface area is 160 Å². The Morgan fingerprint density at radius 1 is 1.33 bits per heavy atom. The predicted molar refractivity (Wildman–Crippen MR) is 106 cm³/mol. The minimum absolute atomic E-state index is 0.00706. The van der Waals surface area contributed by atoms with E-state index in [1.54, 1.807) is 0 Å². The van der Waals surface area contributed by atoms with Crippen molar-refractivity contribution in [2.24, 2.45) is 13.0 Å². The molecule has 6 nitrogen and oxygen atoms in total. The van der Waals surface area contributed by atoms with Gasteiger partial charge in [0.05, 0.1) is 16.6 Å². The number of likely N-dealkylation sites (tertiary alicyclic amines) is 1. The van der Waals surface area contributed by atoms with Crippen LogP contribution in [0.5, 0.6) is 0 Å². The molecule has 146 valence electrons. The number of aryl methyl sites for hydroxylation is 2. The number of hydrogen-bond acceptors (Lipinski definition) is 3. The van der Waals surface area contributed by atoms with E-state index in [1.807, 2.05) is 30.1 Å². The third kappa shape index (κ3) is 3.68. The van der Waals surface area contributed by atoms with E-state index < -0.39 is 5.60 Å². The summed E-state index contributed by atoms with van der Waals surface area (Å²) in [5.74, 6) is 1.29. The normalized spacial score (nSPS) is 25.4. The van der Waals surface area contributed by atoms with Crippen LogP contribution in [0, 0.1) is 5.92 Å². The van der Waals surface area contributed by atoms with E-state index in [0.717, 1.165) is 49.0 Å². The summed E-state index contributed by atoms with van der Waals surface area (Å²) in [7, 11) is 2.04.